The average Bonchev–Trinajstić information content (AvgIpc) is 3.91. The van der Waals surface area contributed by atoms with Crippen LogP contribution in [0.15, 0.2) is 109 Å². The second-order valence-corrected chi connectivity index (χ2v) is 17.8. The quantitative estimate of drug-likeness (QED) is 0.120. The van der Waals surface area contributed by atoms with Gasteiger partial charge in [-0.3, -0.25) is 28.8 Å². The summed E-state index contributed by atoms with van der Waals surface area (Å²) in [4.78, 5) is 62.6. The summed E-state index contributed by atoms with van der Waals surface area (Å²) in [6, 6.07) is 29.5. The Balaban J connectivity index is 1.03. The van der Waals surface area contributed by atoms with Crippen molar-refractivity contribution in [1.82, 2.24) is 9.78 Å². The molecule has 6 atom stereocenters. The third kappa shape index (κ3) is 5.57. The van der Waals surface area contributed by atoms with Crippen LogP contribution in [0.3, 0.4) is 0 Å². The molecule has 2 aromatic heterocycles. The Morgan fingerprint density at radius 3 is 2.37 bits per heavy atom. The SMILES string of the molecule is COc1ccc([C@H]2C3=CC[C@@H]4C(=O)N(c5ccc(Nc6ccccc6)cc5)C(=O)[C@@H]4[C@@H]3C[C@H]3C(=O)N(c4cc(-c5sc6ccc(Cl)cc6c5C)nn4C)C(=O)[C@@]23C)cc1O. The van der Waals surface area contributed by atoms with Gasteiger partial charge in [0.2, 0.25) is 23.6 Å². The number of aromatic nitrogens is 2. The molecule has 6 aromatic rings. The number of halogens is 1. The minimum absolute atomic E-state index is 0.111. The van der Waals surface area contributed by atoms with E-state index >= 15 is 4.79 Å². The van der Waals surface area contributed by atoms with Crippen LogP contribution >= 0.6 is 22.9 Å². The number of phenolic OH excluding ortho intramolecular Hbond substituents is 1. The molecule has 4 heterocycles. The minimum atomic E-state index is -1.31. The van der Waals surface area contributed by atoms with Gasteiger partial charge in [-0.1, -0.05) is 47.5 Å². The number of carbonyl (C=O) groups excluding carboxylic acids is 4. The third-order valence-electron chi connectivity index (χ3n) is 13.2. The number of hydrogen-bond acceptors (Lipinski definition) is 9. The number of nitrogens with one attached hydrogen (secondary N) is 1. The van der Waals surface area contributed by atoms with Gasteiger partial charge in [0.15, 0.2) is 11.5 Å². The highest BCUT2D eigenvalue weighted by Gasteiger charge is 2.68. The number of fused-ring (bicyclic) bond motifs is 5. The molecule has 2 N–H and O–H groups in total. The number of thiophene rings is 1. The van der Waals surface area contributed by atoms with Crippen LogP contribution < -0.4 is 19.9 Å². The van der Waals surface area contributed by atoms with Crippen molar-refractivity contribution < 1.29 is 29.0 Å². The van der Waals surface area contributed by atoms with Gasteiger partial charge in [0.1, 0.15) is 11.5 Å². The number of aryl methyl sites for hydroxylation is 2. The van der Waals surface area contributed by atoms with Gasteiger partial charge < -0.3 is 15.2 Å². The molecule has 4 amide bonds. The third-order valence-corrected chi connectivity index (χ3v) is 14.7. The molecule has 0 unspecified atom stereocenters. The van der Waals surface area contributed by atoms with Crippen molar-refractivity contribution >= 4 is 79.5 Å². The van der Waals surface area contributed by atoms with Crippen molar-refractivity contribution in [3.8, 4) is 22.1 Å². The van der Waals surface area contributed by atoms with Crippen LogP contribution in [0.5, 0.6) is 11.5 Å². The van der Waals surface area contributed by atoms with Crippen LogP contribution in [0.25, 0.3) is 20.7 Å². The molecule has 3 fully saturated rings. The highest BCUT2D eigenvalue weighted by Crippen LogP contribution is 2.64. The Labute approximate surface area is 354 Å². The van der Waals surface area contributed by atoms with E-state index in [0.717, 1.165) is 37.5 Å². The number of ether oxygens (including phenoxy) is 1. The van der Waals surface area contributed by atoms with E-state index < -0.39 is 46.8 Å². The van der Waals surface area contributed by atoms with Gasteiger partial charge in [0.25, 0.3) is 0 Å². The first-order valence-electron chi connectivity index (χ1n) is 19.9. The average molecular weight is 838 g/mol. The number of carbonyl (C=O) groups is 4. The van der Waals surface area contributed by atoms with E-state index in [0.29, 0.717) is 34.2 Å². The van der Waals surface area contributed by atoms with Crippen LogP contribution in [-0.4, -0.2) is 45.6 Å². The van der Waals surface area contributed by atoms with Gasteiger partial charge in [-0.05, 0) is 116 Å². The molecule has 302 valence electrons. The van der Waals surface area contributed by atoms with E-state index in [-0.39, 0.29) is 29.7 Å². The maximum absolute atomic E-state index is 15.2. The molecule has 0 bridgehead atoms. The number of aromatic hydroxyl groups is 1. The second-order valence-electron chi connectivity index (χ2n) is 16.4. The number of rotatable bonds is 7. The number of hydrogen-bond donors (Lipinski definition) is 2. The molecule has 13 heteroatoms. The Hall–Kier alpha value is -6.24. The van der Waals surface area contributed by atoms with E-state index in [1.165, 1.54) is 16.9 Å². The Bertz CT molecular complexity index is 2830. The smallest absolute Gasteiger partial charge is 0.242 e. The molecular weight excluding hydrogens is 798 g/mol. The molecule has 0 radical (unpaired) electrons. The highest BCUT2D eigenvalue weighted by atomic mass is 35.5. The molecule has 4 aromatic carbocycles. The maximum atomic E-state index is 15.2. The standard InChI is InChI=1S/C47H40ClN5O6S/c1-24-32-21-26(48)11-19-38(32)60-42(24)35-23-39(51(3)50-35)53-44(56)34-22-33-30(41(47(34,2)46(53)58)25-10-18-37(59-4)36(54)20-25)16-17-31-40(33)45(57)52(43(31)55)29-14-12-28(13-15-29)49-27-8-6-5-7-9-27/h5-16,18-21,23,31,33-34,40-41,49,54H,17,22H2,1-4H3/t31-,33+,34-,40-,41-,47+/m0/s1. The zero-order chi connectivity index (χ0) is 41.8. The zero-order valence-corrected chi connectivity index (χ0v) is 34.8. The van der Waals surface area contributed by atoms with Crippen molar-refractivity contribution in [3.05, 3.63) is 125 Å². The first-order chi connectivity index (χ1) is 28.9. The number of nitrogens with zero attached hydrogens (tertiary/aromatic N) is 4. The minimum Gasteiger partial charge on any atom is -0.504 e. The van der Waals surface area contributed by atoms with Gasteiger partial charge in [0, 0.05) is 40.1 Å². The number of benzene rings is 4. The number of phenols is 1. The molecule has 1 saturated carbocycles. The van der Waals surface area contributed by atoms with Gasteiger partial charge in [-0.15, -0.1) is 11.3 Å². The zero-order valence-electron chi connectivity index (χ0n) is 33.2. The molecule has 10 rings (SSSR count). The lowest BCUT2D eigenvalue weighted by molar-refractivity contribution is -0.131. The van der Waals surface area contributed by atoms with Crippen molar-refractivity contribution in [2.45, 2.75) is 32.6 Å². The number of methoxy groups -OCH3 is 1. The van der Waals surface area contributed by atoms with Crippen molar-refractivity contribution in [3.63, 3.8) is 0 Å². The van der Waals surface area contributed by atoms with E-state index in [1.807, 2.05) is 80.6 Å². The Kier molecular flexibility index (Phi) is 8.82. The fourth-order valence-electron chi connectivity index (χ4n) is 10.4. The summed E-state index contributed by atoms with van der Waals surface area (Å²) in [7, 11) is 3.18. The fourth-order valence-corrected chi connectivity index (χ4v) is 11.7. The normalized spacial score (nSPS) is 24.8. The molecule has 2 aliphatic carbocycles. The lowest BCUT2D eigenvalue weighted by Crippen LogP contribution is -2.48. The van der Waals surface area contributed by atoms with Crippen LogP contribution in [0.4, 0.5) is 22.9 Å². The van der Waals surface area contributed by atoms with Crippen LogP contribution in [0.1, 0.15) is 36.8 Å². The molecule has 4 aliphatic rings. The topological polar surface area (TPSA) is 134 Å². The summed E-state index contributed by atoms with van der Waals surface area (Å²) in [6.45, 7) is 3.83. The number of para-hydroxylation sites is 1. The summed E-state index contributed by atoms with van der Waals surface area (Å²) in [5, 5.41) is 20.9. The van der Waals surface area contributed by atoms with Crippen LogP contribution in [0, 0.1) is 36.0 Å². The van der Waals surface area contributed by atoms with Crippen LogP contribution in [0.2, 0.25) is 5.02 Å². The Morgan fingerprint density at radius 2 is 1.63 bits per heavy atom. The lowest BCUT2D eigenvalue weighted by Gasteiger charge is -2.49. The van der Waals surface area contributed by atoms with E-state index in [4.69, 9.17) is 21.4 Å². The van der Waals surface area contributed by atoms with Gasteiger partial charge in [-0.2, -0.15) is 5.10 Å². The van der Waals surface area contributed by atoms with E-state index in [2.05, 4.69) is 5.32 Å². The molecule has 11 nitrogen and oxygen atoms in total. The lowest BCUT2D eigenvalue weighted by atomic mass is 9.51. The summed E-state index contributed by atoms with van der Waals surface area (Å²) >= 11 is 7.90. The van der Waals surface area contributed by atoms with Gasteiger partial charge in [0.05, 0.1) is 40.8 Å². The fraction of sp³-hybridized carbons (Fsp3) is 0.255. The highest BCUT2D eigenvalue weighted by molar-refractivity contribution is 7.22. The predicted octanol–water partition coefficient (Wildman–Crippen LogP) is 9.16. The van der Waals surface area contributed by atoms with E-state index in [1.54, 1.807) is 59.5 Å². The van der Waals surface area contributed by atoms with E-state index in [9.17, 15) is 19.5 Å². The number of amides is 4. The summed E-state index contributed by atoms with van der Waals surface area (Å²) in [5.41, 5.74) is 3.92. The maximum Gasteiger partial charge on any atom is 0.242 e. The van der Waals surface area contributed by atoms with Gasteiger partial charge in [-0.25, -0.2) is 4.90 Å². The predicted molar refractivity (Wildman–Crippen MR) is 232 cm³/mol. The number of anilines is 4. The van der Waals surface area contributed by atoms with Gasteiger partial charge >= 0.3 is 0 Å². The van der Waals surface area contributed by atoms with Crippen molar-refractivity contribution in [2.75, 3.05) is 22.2 Å². The Morgan fingerprint density at radius 1 is 0.883 bits per heavy atom. The summed E-state index contributed by atoms with van der Waals surface area (Å²) < 4.78 is 7.99. The monoisotopic (exact) mass is 837 g/mol. The van der Waals surface area contributed by atoms with Crippen LogP contribution in [-0.2, 0) is 26.2 Å². The molecule has 0 spiro atoms. The summed E-state index contributed by atoms with van der Waals surface area (Å²) in [5.74, 6) is -4.38. The number of allylic oxidation sites excluding steroid dienone is 2. The first-order valence-corrected chi connectivity index (χ1v) is 21.1. The first kappa shape index (κ1) is 38.0. The van der Waals surface area contributed by atoms with Crippen molar-refractivity contribution in [2.24, 2.45) is 36.1 Å². The molecule has 60 heavy (non-hydrogen) atoms. The largest absolute Gasteiger partial charge is 0.504 e. The molecule has 2 saturated heterocycles. The molecular formula is C47H40ClN5O6S. The second kappa shape index (κ2) is 13.9. The number of imide groups is 2. The molecule has 2 aliphatic heterocycles. The summed E-state index contributed by atoms with van der Waals surface area (Å²) in [6.07, 6.45) is 2.48. The van der Waals surface area contributed by atoms with Crippen molar-refractivity contribution in [1.29, 1.82) is 0 Å².